The Morgan fingerprint density at radius 1 is 1.20 bits per heavy atom. The summed E-state index contributed by atoms with van der Waals surface area (Å²) in [5.41, 5.74) is 2.90. The summed E-state index contributed by atoms with van der Waals surface area (Å²) in [5, 5.41) is 3.47. The van der Waals surface area contributed by atoms with E-state index >= 15 is 0 Å². The van der Waals surface area contributed by atoms with Crippen LogP contribution in [0.2, 0.25) is 0 Å². The molecule has 112 valence electrons. The molecule has 1 N–H and O–H groups in total. The van der Waals surface area contributed by atoms with Gasteiger partial charge in [0.25, 0.3) is 0 Å². The monoisotopic (exact) mass is 274 g/mol. The Morgan fingerprint density at radius 3 is 2.55 bits per heavy atom. The van der Waals surface area contributed by atoms with Crippen molar-refractivity contribution in [2.24, 2.45) is 5.92 Å². The second-order valence-electron chi connectivity index (χ2n) is 6.66. The van der Waals surface area contributed by atoms with Gasteiger partial charge in [-0.2, -0.15) is 0 Å². The molecule has 2 heteroatoms. The van der Waals surface area contributed by atoms with E-state index in [0.717, 1.165) is 25.4 Å². The first-order chi connectivity index (χ1) is 9.63. The first kappa shape index (κ1) is 15.5. The van der Waals surface area contributed by atoms with Crippen LogP contribution in [0.5, 0.6) is 0 Å². The molecule has 1 saturated heterocycles. The molecule has 2 nitrogen and oxygen atoms in total. The fourth-order valence-electron chi connectivity index (χ4n) is 3.01. The summed E-state index contributed by atoms with van der Waals surface area (Å²) < 4.78 is 0. The lowest BCUT2D eigenvalue weighted by atomic mass is 9.99. The Balaban J connectivity index is 1.79. The highest BCUT2D eigenvalue weighted by atomic mass is 15.1. The molecule has 1 aromatic carbocycles. The van der Waals surface area contributed by atoms with Crippen LogP contribution in [0.3, 0.4) is 0 Å². The Morgan fingerprint density at radius 2 is 1.90 bits per heavy atom. The number of hydrogen-bond acceptors (Lipinski definition) is 2. The molecule has 1 aliphatic rings. The molecule has 0 spiro atoms. The van der Waals surface area contributed by atoms with Gasteiger partial charge in [-0.05, 0) is 49.4 Å². The number of nitrogens with one attached hydrogen (secondary N) is 1. The smallest absolute Gasteiger partial charge is 0.0233 e. The molecule has 1 atom stereocenters. The van der Waals surface area contributed by atoms with Crippen LogP contribution < -0.4 is 5.32 Å². The summed E-state index contributed by atoms with van der Waals surface area (Å²) in [7, 11) is 0. The zero-order valence-corrected chi connectivity index (χ0v) is 13.4. The quantitative estimate of drug-likeness (QED) is 0.854. The number of nitrogens with zero attached hydrogens (tertiary/aromatic N) is 1. The lowest BCUT2D eigenvalue weighted by Gasteiger charge is -2.30. The maximum atomic E-state index is 3.47. The van der Waals surface area contributed by atoms with Crippen LogP contribution in [0.25, 0.3) is 0 Å². The lowest BCUT2D eigenvalue weighted by Crippen LogP contribution is -2.33. The van der Waals surface area contributed by atoms with Crippen molar-refractivity contribution in [3.8, 4) is 0 Å². The van der Waals surface area contributed by atoms with Crippen molar-refractivity contribution in [2.45, 2.75) is 52.6 Å². The van der Waals surface area contributed by atoms with Crippen LogP contribution in [0.4, 0.5) is 0 Å². The van der Waals surface area contributed by atoms with Gasteiger partial charge >= 0.3 is 0 Å². The van der Waals surface area contributed by atoms with Gasteiger partial charge in [-0.15, -0.1) is 0 Å². The third kappa shape index (κ3) is 5.26. The fourth-order valence-corrected chi connectivity index (χ4v) is 3.01. The van der Waals surface area contributed by atoms with E-state index in [0.29, 0.717) is 6.04 Å². The van der Waals surface area contributed by atoms with Gasteiger partial charge in [0, 0.05) is 19.1 Å². The molecular formula is C18H30N2. The molecule has 1 aromatic rings. The number of piperidine rings is 1. The molecule has 0 amide bonds. The fraction of sp³-hybridized carbons (Fsp3) is 0.667. The molecule has 1 fully saturated rings. The van der Waals surface area contributed by atoms with Crippen LogP contribution in [0.15, 0.2) is 24.3 Å². The van der Waals surface area contributed by atoms with Crippen molar-refractivity contribution < 1.29 is 0 Å². The van der Waals surface area contributed by atoms with Crippen molar-refractivity contribution >= 4 is 0 Å². The largest absolute Gasteiger partial charge is 0.314 e. The Bertz CT molecular complexity index is 383. The van der Waals surface area contributed by atoms with Crippen LogP contribution in [-0.2, 0) is 13.0 Å². The minimum atomic E-state index is 0.579. The van der Waals surface area contributed by atoms with E-state index in [-0.39, 0.29) is 0 Å². The second kappa shape index (κ2) is 7.80. The number of benzene rings is 1. The van der Waals surface area contributed by atoms with Crippen molar-refractivity contribution in [2.75, 3.05) is 19.6 Å². The van der Waals surface area contributed by atoms with Gasteiger partial charge in [-0.1, -0.05) is 45.0 Å². The highest BCUT2D eigenvalue weighted by Gasteiger charge is 2.15. The standard InChI is InChI=1S/C18H30N2/c1-15(2)19-11-10-17-6-8-18(9-7-17)14-20-12-4-5-16(3)13-20/h6-9,15-16,19H,4-5,10-14H2,1-3H3. The summed E-state index contributed by atoms with van der Waals surface area (Å²) >= 11 is 0. The summed E-state index contributed by atoms with van der Waals surface area (Å²) in [6, 6.07) is 9.79. The van der Waals surface area contributed by atoms with Gasteiger partial charge < -0.3 is 5.32 Å². The van der Waals surface area contributed by atoms with Crippen LogP contribution in [0, 0.1) is 5.92 Å². The maximum Gasteiger partial charge on any atom is 0.0233 e. The Hall–Kier alpha value is -0.860. The van der Waals surface area contributed by atoms with Crippen LogP contribution in [-0.4, -0.2) is 30.6 Å². The topological polar surface area (TPSA) is 15.3 Å². The summed E-state index contributed by atoms with van der Waals surface area (Å²) in [6.45, 7) is 11.5. The van der Waals surface area contributed by atoms with Gasteiger partial charge in [0.15, 0.2) is 0 Å². The van der Waals surface area contributed by atoms with Crippen molar-refractivity contribution in [1.82, 2.24) is 10.2 Å². The van der Waals surface area contributed by atoms with Crippen LogP contribution in [0.1, 0.15) is 44.7 Å². The number of rotatable bonds is 6. The summed E-state index contributed by atoms with van der Waals surface area (Å²) in [5.74, 6) is 0.866. The molecule has 1 heterocycles. The van der Waals surface area contributed by atoms with Crippen molar-refractivity contribution in [3.63, 3.8) is 0 Å². The predicted molar refractivity (Wildman–Crippen MR) is 87.0 cm³/mol. The normalized spacial score (nSPS) is 20.5. The molecule has 0 radical (unpaired) electrons. The average molecular weight is 274 g/mol. The van der Waals surface area contributed by atoms with E-state index < -0.39 is 0 Å². The minimum absolute atomic E-state index is 0.579. The van der Waals surface area contributed by atoms with Gasteiger partial charge in [0.2, 0.25) is 0 Å². The molecule has 0 aliphatic carbocycles. The number of hydrogen-bond donors (Lipinski definition) is 1. The molecule has 0 bridgehead atoms. The Kier molecular flexibility index (Phi) is 6.06. The van der Waals surface area contributed by atoms with E-state index in [1.807, 2.05) is 0 Å². The highest BCUT2D eigenvalue weighted by molar-refractivity contribution is 5.22. The zero-order chi connectivity index (χ0) is 14.4. The predicted octanol–water partition coefficient (Wildman–Crippen LogP) is 3.46. The maximum absolute atomic E-state index is 3.47. The first-order valence-electron chi connectivity index (χ1n) is 8.17. The highest BCUT2D eigenvalue weighted by Crippen LogP contribution is 2.18. The van der Waals surface area contributed by atoms with E-state index in [4.69, 9.17) is 0 Å². The van der Waals surface area contributed by atoms with Gasteiger partial charge in [0.05, 0.1) is 0 Å². The second-order valence-corrected chi connectivity index (χ2v) is 6.66. The third-order valence-electron chi connectivity index (χ3n) is 4.14. The average Bonchev–Trinajstić information content (AvgIpc) is 2.40. The SMILES string of the molecule is CC1CCCN(Cc2ccc(CCNC(C)C)cc2)C1. The van der Waals surface area contributed by atoms with E-state index in [9.17, 15) is 0 Å². The molecule has 0 saturated carbocycles. The molecule has 20 heavy (non-hydrogen) atoms. The summed E-state index contributed by atoms with van der Waals surface area (Å²) in [6.07, 6.45) is 3.89. The van der Waals surface area contributed by atoms with Crippen molar-refractivity contribution in [1.29, 1.82) is 0 Å². The molecule has 1 unspecified atom stereocenters. The van der Waals surface area contributed by atoms with E-state index in [1.54, 1.807) is 0 Å². The van der Waals surface area contributed by atoms with Gasteiger partial charge in [-0.3, -0.25) is 4.90 Å². The molecule has 2 rings (SSSR count). The zero-order valence-electron chi connectivity index (χ0n) is 13.4. The number of likely N-dealkylation sites (tertiary alicyclic amines) is 1. The molecular weight excluding hydrogens is 244 g/mol. The first-order valence-corrected chi connectivity index (χ1v) is 8.17. The lowest BCUT2D eigenvalue weighted by molar-refractivity contribution is 0.176. The Labute approximate surface area is 124 Å². The van der Waals surface area contributed by atoms with Crippen molar-refractivity contribution in [3.05, 3.63) is 35.4 Å². The van der Waals surface area contributed by atoms with E-state index in [1.165, 1.54) is 37.1 Å². The summed E-state index contributed by atoms with van der Waals surface area (Å²) in [4.78, 5) is 2.60. The van der Waals surface area contributed by atoms with Crippen LogP contribution >= 0.6 is 0 Å². The molecule has 0 aromatic heterocycles. The molecule has 1 aliphatic heterocycles. The van der Waals surface area contributed by atoms with Gasteiger partial charge in [-0.25, -0.2) is 0 Å². The minimum Gasteiger partial charge on any atom is -0.314 e. The van der Waals surface area contributed by atoms with E-state index in [2.05, 4.69) is 55.3 Å². The third-order valence-corrected chi connectivity index (χ3v) is 4.14. The van der Waals surface area contributed by atoms with Gasteiger partial charge in [0.1, 0.15) is 0 Å².